The molecule has 4 nitrogen and oxygen atoms in total. The quantitative estimate of drug-likeness (QED) is 0.725. The van der Waals surface area contributed by atoms with Gasteiger partial charge in [0.15, 0.2) is 0 Å². The lowest BCUT2D eigenvalue weighted by atomic mass is 10.2. The fraction of sp³-hybridized carbons (Fsp3) is 0.400. The minimum atomic E-state index is -0.342. The predicted molar refractivity (Wildman–Crippen MR) is 54.5 cm³/mol. The molecule has 0 bridgehead atoms. The molecule has 0 fully saturated rings. The summed E-state index contributed by atoms with van der Waals surface area (Å²) in [5, 5.41) is 3.01. The summed E-state index contributed by atoms with van der Waals surface area (Å²) in [7, 11) is 0. The molecule has 14 heavy (non-hydrogen) atoms. The lowest BCUT2D eigenvalue weighted by Gasteiger charge is -2.09. The molecule has 3 N–H and O–H groups in total. The largest absolute Gasteiger partial charge is 0.368 e. The first-order valence-electron chi connectivity index (χ1n) is 4.53. The molecule has 0 aromatic carbocycles. The average Bonchev–Trinajstić information content (AvgIpc) is 2.14. The van der Waals surface area contributed by atoms with Crippen molar-refractivity contribution >= 4 is 5.91 Å². The van der Waals surface area contributed by atoms with Crippen molar-refractivity contribution in [3.63, 3.8) is 0 Å². The van der Waals surface area contributed by atoms with E-state index in [2.05, 4.69) is 10.3 Å². The van der Waals surface area contributed by atoms with Gasteiger partial charge in [0.1, 0.15) is 0 Å². The van der Waals surface area contributed by atoms with E-state index >= 15 is 0 Å². The smallest absolute Gasteiger partial charge is 0.234 e. The molecule has 76 valence electrons. The summed E-state index contributed by atoms with van der Waals surface area (Å²) < 4.78 is 0. The van der Waals surface area contributed by atoms with Crippen LogP contribution in [0.1, 0.15) is 18.1 Å². The van der Waals surface area contributed by atoms with Crippen LogP contribution in [0.15, 0.2) is 18.5 Å². The van der Waals surface area contributed by atoms with Gasteiger partial charge >= 0.3 is 0 Å². The average molecular weight is 193 g/mol. The number of pyridine rings is 1. The Morgan fingerprint density at radius 3 is 2.93 bits per heavy atom. The summed E-state index contributed by atoms with van der Waals surface area (Å²) >= 11 is 0. The van der Waals surface area contributed by atoms with Crippen LogP contribution in [0.3, 0.4) is 0 Å². The maximum Gasteiger partial charge on any atom is 0.234 e. The van der Waals surface area contributed by atoms with Gasteiger partial charge in [0, 0.05) is 18.9 Å². The van der Waals surface area contributed by atoms with Gasteiger partial charge in [0.2, 0.25) is 5.91 Å². The molecule has 1 rings (SSSR count). The molecular formula is C10H15N3O. The zero-order chi connectivity index (χ0) is 10.6. The Labute approximate surface area is 83.5 Å². The Bertz CT molecular complexity index is 325. The van der Waals surface area contributed by atoms with Crippen molar-refractivity contribution in [2.24, 2.45) is 5.73 Å². The molecule has 0 saturated heterocycles. The molecule has 0 aliphatic rings. The highest BCUT2D eigenvalue weighted by atomic mass is 16.1. The molecule has 0 spiro atoms. The van der Waals surface area contributed by atoms with E-state index in [0.29, 0.717) is 6.54 Å². The van der Waals surface area contributed by atoms with E-state index in [0.717, 1.165) is 11.1 Å². The van der Waals surface area contributed by atoms with Crippen LogP contribution in [0.4, 0.5) is 0 Å². The molecule has 0 aliphatic heterocycles. The highest BCUT2D eigenvalue weighted by Gasteiger charge is 2.06. The molecular weight excluding hydrogens is 178 g/mol. The molecule has 1 unspecified atom stereocenters. The van der Waals surface area contributed by atoms with Crippen molar-refractivity contribution in [3.05, 3.63) is 29.6 Å². The van der Waals surface area contributed by atoms with Gasteiger partial charge in [-0.05, 0) is 25.0 Å². The number of aryl methyl sites for hydroxylation is 1. The van der Waals surface area contributed by atoms with Gasteiger partial charge in [-0.3, -0.25) is 9.78 Å². The van der Waals surface area contributed by atoms with E-state index in [1.165, 1.54) is 0 Å². The third-order valence-electron chi connectivity index (χ3n) is 1.97. The van der Waals surface area contributed by atoms with Gasteiger partial charge in [-0.25, -0.2) is 0 Å². The van der Waals surface area contributed by atoms with E-state index in [1.807, 2.05) is 13.0 Å². The summed E-state index contributed by atoms with van der Waals surface area (Å²) in [4.78, 5) is 14.8. The van der Waals surface area contributed by atoms with Crippen LogP contribution >= 0.6 is 0 Å². The Kier molecular flexibility index (Phi) is 3.59. The van der Waals surface area contributed by atoms with Crippen molar-refractivity contribution in [3.8, 4) is 0 Å². The lowest BCUT2D eigenvalue weighted by molar-refractivity contribution is -0.119. The second kappa shape index (κ2) is 4.72. The molecule has 1 heterocycles. The number of amides is 1. The molecule has 1 amide bonds. The monoisotopic (exact) mass is 193 g/mol. The van der Waals surface area contributed by atoms with E-state index in [-0.39, 0.29) is 11.9 Å². The number of primary amides is 1. The van der Waals surface area contributed by atoms with Gasteiger partial charge < -0.3 is 11.1 Å². The number of nitrogens with one attached hydrogen (secondary N) is 1. The van der Waals surface area contributed by atoms with Crippen molar-refractivity contribution in [1.82, 2.24) is 10.3 Å². The number of hydrogen-bond donors (Lipinski definition) is 2. The minimum Gasteiger partial charge on any atom is -0.368 e. The zero-order valence-electron chi connectivity index (χ0n) is 8.45. The first-order valence-corrected chi connectivity index (χ1v) is 4.53. The summed E-state index contributed by atoms with van der Waals surface area (Å²) in [6, 6.07) is 1.71. The van der Waals surface area contributed by atoms with Crippen LogP contribution in [-0.4, -0.2) is 16.9 Å². The Morgan fingerprint density at radius 1 is 1.64 bits per heavy atom. The second-order valence-electron chi connectivity index (χ2n) is 3.38. The van der Waals surface area contributed by atoms with E-state index < -0.39 is 0 Å². The molecule has 1 atom stereocenters. The number of rotatable bonds is 4. The standard InChI is InChI=1S/C10H15N3O/c1-7-3-9(5-12-4-7)6-13-8(2)10(11)14/h3-5,8,13H,6H2,1-2H3,(H2,11,14). The SMILES string of the molecule is Cc1cncc(CNC(C)C(N)=O)c1. The Morgan fingerprint density at radius 2 is 2.36 bits per heavy atom. The number of carbonyl (C=O) groups excluding carboxylic acids is 1. The second-order valence-corrected chi connectivity index (χ2v) is 3.38. The Balaban J connectivity index is 2.49. The van der Waals surface area contributed by atoms with Crippen molar-refractivity contribution in [2.75, 3.05) is 0 Å². The lowest BCUT2D eigenvalue weighted by Crippen LogP contribution is -2.38. The van der Waals surface area contributed by atoms with Crippen LogP contribution in [0.2, 0.25) is 0 Å². The maximum absolute atomic E-state index is 10.7. The molecule has 4 heteroatoms. The minimum absolute atomic E-state index is 0.310. The van der Waals surface area contributed by atoms with Crippen molar-refractivity contribution < 1.29 is 4.79 Å². The van der Waals surface area contributed by atoms with Gasteiger partial charge in [-0.2, -0.15) is 0 Å². The number of nitrogens with two attached hydrogens (primary N) is 1. The third-order valence-corrected chi connectivity index (χ3v) is 1.97. The summed E-state index contributed by atoms with van der Waals surface area (Å²) in [6.07, 6.45) is 3.56. The van der Waals surface area contributed by atoms with Crippen LogP contribution in [0.25, 0.3) is 0 Å². The van der Waals surface area contributed by atoms with E-state index in [9.17, 15) is 4.79 Å². The zero-order valence-corrected chi connectivity index (χ0v) is 8.45. The van der Waals surface area contributed by atoms with Crippen molar-refractivity contribution in [2.45, 2.75) is 26.4 Å². The number of carbonyl (C=O) groups is 1. The highest BCUT2D eigenvalue weighted by Crippen LogP contribution is 2.00. The maximum atomic E-state index is 10.7. The van der Waals surface area contributed by atoms with Crippen LogP contribution in [-0.2, 0) is 11.3 Å². The van der Waals surface area contributed by atoms with Crippen LogP contribution in [0.5, 0.6) is 0 Å². The summed E-state index contributed by atoms with van der Waals surface area (Å²) in [5.74, 6) is -0.342. The Hall–Kier alpha value is -1.42. The van der Waals surface area contributed by atoms with E-state index in [4.69, 9.17) is 5.73 Å². The third kappa shape index (κ3) is 3.14. The highest BCUT2D eigenvalue weighted by molar-refractivity contribution is 5.79. The molecule has 0 saturated carbocycles. The van der Waals surface area contributed by atoms with Gasteiger partial charge in [0.25, 0.3) is 0 Å². The topological polar surface area (TPSA) is 68.0 Å². The fourth-order valence-electron chi connectivity index (χ4n) is 1.09. The molecule has 0 radical (unpaired) electrons. The number of aromatic nitrogens is 1. The van der Waals surface area contributed by atoms with Gasteiger partial charge in [-0.15, -0.1) is 0 Å². The number of hydrogen-bond acceptors (Lipinski definition) is 3. The van der Waals surface area contributed by atoms with Crippen molar-refractivity contribution in [1.29, 1.82) is 0 Å². The van der Waals surface area contributed by atoms with Crippen LogP contribution in [0, 0.1) is 6.92 Å². The molecule has 1 aromatic rings. The van der Waals surface area contributed by atoms with E-state index in [1.54, 1.807) is 19.3 Å². The predicted octanol–water partition coefficient (Wildman–Crippen LogP) is 0.353. The molecule has 0 aliphatic carbocycles. The number of nitrogens with zero attached hydrogens (tertiary/aromatic N) is 1. The first kappa shape index (κ1) is 10.7. The van der Waals surface area contributed by atoms with Gasteiger partial charge in [0.05, 0.1) is 6.04 Å². The molecule has 1 aromatic heterocycles. The first-order chi connectivity index (χ1) is 6.59. The summed E-state index contributed by atoms with van der Waals surface area (Å²) in [5.41, 5.74) is 7.27. The summed E-state index contributed by atoms with van der Waals surface area (Å²) in [6.45, 7) is 4.33. The van der Waals surface area contributed by atoms with Crippen LogP contribution < -0.4 is 11.1 Å². The van der Waals surface area contributed by atoms with Gasteiger partial charge in [-0.1, -0.05) is 6.07 Å². The normalized spacial score (nSPS) is 12.4. The fourth-order valence-corrected chi connectivity index (χ4v) is 1.09.